The van der Waals surface area contributed by atoms with E-state index in [9.17, 15) is 4.79 Å². The lowest BCUT2D eigenvalue weighted by Crippen LogP contribution is -2.12. The van der Waals surface area contributed by atoms with Crippen molar-refractivity contribution >= 4 is 5.97 Å². The molecule has 0 N–H and O–H groups in total. The molecule has 4 nitrogen and oxygen atoms in total. The SMILES string of the molecule is CCOc1ccc(C(=O)OC(C)C)cc1OCC. The first-order chi connectivity index (χ1) is 8.58. The molecule has 0 aliphatic heterocycles. The highest BCUT2D eigenvalue weighted by atomic mass is 16.5. The lowest BCUT2D eigenvalue weighted by molar-refractivity contribution is 0.0377. The predicted octanol–water partition coefficient (Wildman–Crippen LogP) is 3.05. The molecule has 100 valence electrons. The van der Waals surface area contributed by atoms with E-state index in [1.54, 1.807) is 18.2 Å². The summed E-state index contributed by atoms with van der Waals surface area (Å²) in [5.41, 5.74) is 0.468. The van der Waals surface area contributed by atoms with Gasteiger partial charge in [0, 0.05) is 0 Å². The zero-order chi connectivity index (χ0) is 13.5. The van der Waals surface area contributed by atoms with Crippen LogP contribution in [0.25, 0.3) is 0 Å². The van der Waals surface area contributed by atoms with E-state index in [0.29, 0.717) is 30.3 Å². The van der Waals surface area contributed by atoms with E-state index >= 15 is 0 Å². The van der Waals surface area contributed by atoms with Crippen molar-refractivity contribution in [3.63, 3.8) is 0 Å². The summed E-state index contributed by atoms with van der Waals surface area (Å²) in [6, 6.07) is 5.06. The molecular weight excluding hydrogens is 232 g/mol. The molecule has 0 spiro atoms. The summed E-state index contributed by atoms with van der Waals surface area (Å²) in [5, 5.41) is 0. The fourth-order valence-electron chi connectivity index (χ4n) is 1.46. The second-order valence-corrected chi connectivity index (χ2v) is 3.98. The molecule has 1 aromatic rings. The molecule has 4 heteroatoms. The van der Waals surface area contributed by atoms with E-state index in [1.807, 2.05) is 27.7 Å². The molecule has 0 radical (unpaired) electrons. The number of carbonyl (C=O) groups is 1. The maximum Gasteiger partial charge on any atom is 0.338 e. The molecule has 0 aromatic heterocycles. The maximum absolute atomic E-state index is 11.8. The lowest BCUT2D eigenvalue weighted by Gasteiger charge is -2.13. The van der Waals surface area contributed by atoms with Crippen molar-refractivity contribution in [1.29, 1.82) is 0 Å². The summed E-state index contributed by atoms with van der Waals surface area (Å²) < 4.78 is 16.0. The molecule has 0 atom stereocenters. The van der Waals surface area contributed by atoms with Crippen LogP contribution in [0.2, 0.25) is 0 Å². The van der Waals surface area contributed by atoms with E-state index in [1.165, 1.54) is 0 Å². The van der Waals surface area contributed by atoms with Crippen LogP contribution in [-0.2, 0) is 4.74 Å². The molecule has 18 heavy (non-hydrogen) atoms. The second-order valence-electron chi connectivity index (χ2n) is 3.98. The Hall–Kier alpha value is -1.71. The van der Waals surface area contributed by atoms with Crippen molar-refractivity contribution in [3.8, 4) is 11.5 Å². The van der Waals surface area contributed by atoms with Crippen molar-refractivity contribution in [2.24, 2.45) is 0 Å². The fraction of sp³-hybridized carbons (Fsp3) is 0.500. The third-order valence-electron chi connectivity index (χ3n) is 2.12. The molecule has 0 bridgehead atoms. The van der Waals surface area contributed by atoms with E-state index in [2.05, 4.69) is 0 Å². The Morgan fingerprint density at radius 1 is 1.11 bits per heavy atom. The average molecular weight is 252 g/mol. The van der Waals surface area contributed by atoms with Crippen LogP contribution in [0, 0.1) is 0 Å². The van der Waals surface area contributed by atoms with Crippen LogP contribution in [0.4, 0.5) is 0 Å². The van der Waals surface area contributed by atoms with Crippen LogP contribution in [0.15, 0.2) is 18.2 Å². The largest absolute Gasteiger partial charge is 0.490 e. The Morgan fingerprint density at radius 2 is 1.72 bits per heavy atom. The molecule has 1 aromatic carbocycles. The topological polar surface area (TPSA) is 44.8 Å². The van der Waals surface area contributed by atoms with Crippen LogP contribution in [0.5, 0.6) is 11.5 Å². The van der Waals surface area contributed by atoms with Crippen molar-refractivity contribution < 1.29 is 19.0 Å². The number of esters is 1. The quantitative estimate of drug-likeness (QED) is 0.730. The third kappa shape index (κ3) is 3.95. The number of carbonyl (C=O) groups excluding carboxylic acids is 1. The maximum atomic E-state index is 11.8. The zero-order valence-electron chi connectivity index (χ0n) is 11.4. The lowest BCUT2D eigenvalue weighted by atomic mass is 10.2. The number of benzene rings is 1. The second kappa shape index (κ2) is 6.89. The molecule has 0 aliphatic rings. The van der Waals surface area contributed by atoms with Gasteiger partial charge in [0.2, 0.25) is 0 Å². The van der Waals surface area contributed by atoms with Gasteiger partial charge in [-0.05, 0) is 45.9 Å². The van der Waals surface area contributed by atoms with Crippen LogP contribution < -0.4 is 9.47 Å². The molecular formula is C14H20O4. The van der Waals surface area contributed by atoms with Gasteiger partial charge in [-0.2, -0.15) is 0 Å². The minimum absolute atomic E-state index is 0.139. The highest BCUT2D eigenvalue weighted by Crippen LogP contribution is 2.28. The monoisotopic (exact) mass is 252 g/mol. The van der Waals surface area contributed by atoms with E-state index in [-0.39, 0.29) is 12.1 Å². The Balaban J connectivity index is 2.94. The minimum atomic E-state index is -0.353. The molecule has 1 rings (SSSR count). The Labute approximate surface area is 108 Å². The molecule has 0 fully saturated rings. The van der Waals surface area contributed by atoms with Gasteiger partial charge in [-0.15, -0.1) is 0 Å². The smallest absolute Gasteiger partial charge is 0.338 e. The summed E-state index contributed by atoms with van der Waals surface area (Å²) in [7, 11) is 0. The number of ether oxygens (including phenoxy) is 3. The van der Waals surface area contributed by atoms with Gasteiger partial charge in [0.15, 0.2) is 11.5 Å². The third-order valence-corrected chi connectivity index (χ3v) is 2.12. The molecule has 0 amide bonds. The molecule has 0 heterocycles. The van der Waals surface area contributed by atoms with Gasteiger partial charge in [-0.3, -0.25) is 0 Å². The van der Waals surface area contributed by atoms with Gasteiger partial charge in [0.1, 0.15) is 0 Å². The summed E-state index contributed by atoms with van der Waals surface area (Å²) >= 11 is 0. The van der Waals surface area contributed by atoms with Crippen molar-refractivity contribution in [3.05, 3.63) is 23.8 Å². The Bertz CT molecular complexity index is 399. The summed E-state index contributed by atoms with van der Waals surface area (Å²) in [6.45, 7) is 8.48. The fourth-order valence-corrected chi connectivity index (χ4v) is 1.46. The molecule has 0 unspecified atom stereocenters. The van der Waals surface area contributed by atoms with Crippen LogP contribution in [0.1, 0.15) is 38.1 Å². The van der Waals surface area contributed by atoms with E-state index in [4.69, 9.17) is 14.2 Å². The summed E-state index contributed by atoms with van der Waals surface area (Å²) in [6.07, 6.45) is -0.139. The predicted molar refractivity (Wildman–Crippen MR) is 69.3 cm³/mol. The highest BCUT2D eigenvalue weighted by molar-refractivity contribution is 5.90. The number of hydrogen-bond donors (Lipinski definition) is 0. The number of hydrogen-bond acceptors (Lipinski definition) is 4. The van der Waals surface area contributed by atoms with Crippen LogP contribution in [0.3, 0.4) is 0 Å². The molecule has 0 aliphatic carbocycles. The molecule has 0 saturated heterocycles. The first-order valence-electron chi connectivity index (χ1n) is 6.19. The normalized spacial score (nSPS) is 10.3. The first kappa shape index (κ1) is 14.4. The van der Waals surface area contributed by atoms with Crippen LogP contribution >= 0.6 is 0 Å². The van der Waals surface area contributed by atoms with Gasteiger partial charge in [-0.25, -0.2) is 4.79 Å². The van der Waals surface area contributed by atoms with Gasteiger partial charge in [-0.1, -0.05) is 0 Å². The van der Waals surface area contributed by atoms with Crippen molar-refractivity contribution in [2.45, 2.75) is 33.8 Å². The minimum Gasteiger partial charge on any atom is -0.490 e. The molecule has 0 saturated carbocycles. The van der Waals surface area contributed by atoms with Gasteiger partial charge in [0.05, 0.1) is 24.9 Å². The Kier molecular flexibility index (Phi) is 5.49. The van der Waals surface area contributed by atoms with Crippen molar-refractivity contribution in [2.75, 3.05) is 13.2 Å². The van der Waals surface area contributed by atoms with Gasteiger partial charge >= 0.3 is 5.97 Å². The van der Waals surface area contributed by atoms with Gasteiger partial charge < -0.3 is 14.2 Å². The Morgan fingerprint density at radius 3 is 2.28 bits per heavy atom. The van der Waals surface area contributed by atoms with Crippen molar-refractivity contribution in [1.82, 2.24) is 0 Å². The standard InChI is InChI=1S/C14H20O4/c1-5-16-12-8-7-11(9-13(12)17-6-2)14(15)18-10(3)4/h7-10H,5-6H2,1-4H3. The van der Waals surface area contributed by atoms with Crippen LogP contribution in [-0.4, -0.2) is 25.3 Å². The van der Waals surface area contributed by atoms with Gasteiger partial charge in [0.25, 0.3) is 0 Å². The average Bonchev–Trinajstić information content (AvgIpc) is 2.31. The zero-order valence-corrected chi connectivity index (χ0v) is 11.4. The number of rotatable bonds is 6. The van der Waals surface area contributed by atoms with E-state index in [0.717, 1.165) is 0 Å². The van der Waals surface area contributed by atoms with E-state index < -0.39 is 0 Å². The first-order valence-corrected chi connectivity index (χ1v) is 6.19. The highest BCUT2D eigenvalue weighted by Gasteiger charge is 2.13. The summed E-state index contributed by atoms with van der Waals surface area (Å²) in [5.74, 6) is 0.854. The summed E-state index contributed by atoms with van der Waals surface area (Å²) in [4.78, 5) is 11.8.